The zero-order valence-electron chi connectivity index (χ0n) is 18.2. The number of likely N-dealkylation sites (tertiary alicyclic amines) is 1. The van der Waals surface area contributed by atoms with Crippen molar-refractivity contribution in [3.63, 3.8) is 0 Å². The molecule has 5 rings (SSSR count). The quantitative estimate of drug-likeness (QED) is 0.446. The third kappa shape index (κ3) is 4.75. The van der Waals surface area contributed by atoms with Crippen LogP contribution in [0.2, 0.25) is 0 Å². The number of hydrogen-bond acceptors (Lipinski definition) is 5. The van der Waals surface area contributed by atoms with Gasteiger partial charge >= 0.3 is 0 Å². The predicted octanol–water partition coefficient (Wildman–Crippen LogP) is 4.16. The highest BCUT2D eigenvalue weighted by atomic mass is 15.5. The molecule has 0 amide bonds. The number of hydrogen-bond donors (Lipinski definition) is 0. The molecule has 6 heteroatoms. The summed E-state index contributed by atoms with van der Waals surface area (Å²) in [5, 5.41) is 12.9. The minimum atomic E-state index is 0.0226. The van der Waals surface area contributed by atoms with Crippen LogP contribution in [-0.4, -0.2) is 43.2 Å². The first-order valence-corrected chi connectivity index (χ1v) is 11.3. The van der Waals surface area contributed by atoms with Crippen LogP contribution in [0, 0.1) is 5.92 Å². The first-order valence-electron chi connectivity index (χ1n) is 11.3. The summed E-state index contributed by atoms with van der Waals surface area (Å²) in [6.07, 6.45) is 7.22. The molecule has 0 bridgehead atoms. The predicted molar refractivity (Wildman–Crippen MR) is 124 cm³/mol. The molecular formula is C26H28N6. The summed E-state index contributed by atoms with van der Waals surface area (Å²) < 4.78 is 1.94. The maximum absolute atomic E-state index is 4.49. The number of piperidine rings is 1. The number of benzene rings is 2. The molecule has 2 aromatic carbocycles. The maximum Gasteiger partial charge on any atom is 0.173 e. The highest BCUT2D eigenvalue weighted by Gasteiger charge is 2.31. The fourth-order valence-electron chi connectivity index (χ4n) is 4.71. The highest BCUT2D eigenvalue weighted by Crippen LogP contribution is 2.32. The van der Waals surface area contributed by atoms with Gasteiger partial charge in [-0.3, -0.25) is 9.88 Å². The summed E-state index contributed by atoms with van der Waals surface area (Å²) in [6, 6.07) is 25.4. The lowest BCUT2D eigenvalue weighted by Gasteiger charge is -2.37. The minimum absolute atomic E-state index is 0.0226. The van der Waals surface area contributed by atoms with Crippen LogP contribution >= 0.6 is 0 Å². The standard InChI is InChI=1S/C26H28N6/c1-3-7-21(8-4-1)19-22-13-17-31(18-14-22)25(24-11-15-27-16-12-24)26-28-29-30-32(26)20-23-9-5-2-6-10-23/h1-12,15-16,22,25H,13-14,17-20H2/t25-/m0/s1. The van der Waals surface area contributed by atoms with Gasteiger partial charge in [0.25, 0.3) is 0 Å². The Morgan fingerprint density at radius 2 is 1.47 bits per heavy atom. The van der Waals surface area contributed by atoms with Crippen LogP contribution in [0.25, 0.3) is 0 Å². The van der Waals surface area contributed by atoms with E-state index < -0.39 is 0 Å². The summed E-state index contributed by atoms with van der Waals surface area (Å²) in [7, 11) is 0. The molecule has 3 heterocycles. The topological polar surface area (TPSA) is 59.7 Å². The fraction of sp³-hybridized carbons (Fsp3) is 0.308. The van der Waals surface area contributed by atoms with Gasteiger partial charge in [-0.2, -0.15) is 0 Å². The van der Waals surface area contributed by atoms with Crippen LogP contribution in [0.4, 0.5) is 0 Å². The molecule has 162 valence electrons. The Labute approximate surface area is 188 Å². The molecule has 0 radical (unpaired) electrons. The zero-order valence-corrected chi connectivity index (χ0v) is 18.2. The molecule has 0 saturated carbocycles. The highest BCUT2D eigenvalue weighted by molar-refractivity contribution is 5.24. The first kappa shape index (κ1) is 20.5. The van der Waals surface area contributed by atoms with Crippen molar-refractivity contribution in [3.05, 3.63) is 108 Å². The van der Waals surface area contributed by atoms with Crippen LogP contribution in [-0.2, 0) is 13.0 Å². The van der Waals surface area contributed by atoms with Gasteiger partial charge in [0.1, 0.15) is 0 Å². The molecule has 1 aliphatic heterocycles. The third-order valence-electron chi connectivity index (χ3n) is 6.38. The summed E-state index contributed by atoms with van der Waals surface area (Å²) >= 11 is 0. The molecular weight excluding hydrogens is 396 g/mol. The SMILES string of the molecule is c1ccc(CC2CCN([C@@H](c3ccncc3)c3nnnn3Cc3ccccc3)CC2)cc1. The number of aromatic nitrogens is 5. The Hall–Kier alpha value is -3.38. The number of nitrogens with zero attached hydrogens (tertiary/aromatic N) is 6. The molecule has 0 unspecified atom stereocenters. The lowest BCUT2D eigenvalue weighted by atomic mass is 9.89. The third-order valence-corrected chi connectivity index (χ3v) is 6.38. The van der Waals surface area contributed by atoms with Crippen molar-refractivity contribution in [1.82, 2.24) is 30.1 Å². The first-order chi connectivity index (χ1) is 15.9. The van der Waals surface area contributed by atoms with E-state index in [4.69, 9.17) is 0 Å². The van der Waals surface area contributed by atoms with Crippen LogP contribution in [0.5, 0.6) is 0 Å². The monoisotopic (exact) mass is 424 g/mol. The van der Waals surface area contributed by atoms with E-state index in [2.05, 4.69) is 92.1 Å². The smallest absolute Gasteiger partial charge is 0.173 e. The second-order valence-electron chi connectivity index (χ2n) is 8.53. The molecule has 0 aliphatic carbocycles. The zero-order chi connectivity index (χ0) is 21.6. The van der Waals surface area contributed by atoms with E-state index in [9.17, 15) is 0 Å². The maximum atomic E-state index is 4.49. The summed E-state index contributed by atoms with van der Waals surface area (Å²) in [5.41, 5.74) is 3.81. The molecule has 1 aliphatic rings. The lowest BCUT2D eigenvalue weighted by molar-refractivity contribution is 0.144. The molecule has 2 aromatic heterocycles. The van der Waals surface area contributed by atoms with E-state index in [0.717, 1.165) is 25.3 Å². The van der Waals surface area contributed by atoms with Crippen molar-refractivity contribution in [3.8, 4) is 0 Å². The lowest BCUT2D eigenvalue weighted by Crippen LogP contribution is -2.39. The summed E-state index contributed by atoms with van der Waals surface area (Å²) in [4.78, 5) is 6.76. The number of tetrazole rings is 1. The van der Waals surface area contributed by atoms with Crippen LogP contribution in [0.15, 0.2) is 85.2 Å². The van der Waals surface area contributed by atoms with Gasteiger partial charge in [-0.1, -0.05) is 60.7 Å². The van der Waals surface area contributed by atoms with Crippen molar-refractivity contribution in [1.29, 1.82) is 0 Å². The Bertz CT molecular complexity index is 1090. The van der Waals surface area contributed by atoms with Crippen molar-refractivity contribution in [2.45, 2.75) is 31.8 Å². The van der Waals surface area contributed by atoms with Crippen molar-refractivity contribution < 1.29 is 0 Å². The largest absolute Gasteiger partial charge is 0.290 e. The van der Waals surface area contributed by atoms with E-state index in [-0.39, 0.29) is 6.04 Å². The second-order valence-corrected chi connectivity index (χ2v) is 8.53. The number of rotatable bonds is 7. The van der Waals surface area contributed by atoms with E-state index in [1.54, 1.807) is 0 Å². The van der Waals surface area contributed by atoms with E-state index >= 15 is 0 Å². The average Bonchev–Trinajstić information content (AvgIpc) is 3.30. The van der Waals surface area contributed by atoms with Gasteiger partial charge in [-0.15, -0.1) is 5.10 Å². The summed E-state index contributed by atoms with van der Waals surface area (Å²) in [5.74, 6) is 1.61. The average molecular weight is 425 g/mol. The van der Waals surface area contributed by atoms with Crippen LogP contribution in [0.1, 0.15) is 41.4 Å². The van der Waals surface area contributed by atoms with Crippen molar-refractivity contribution in [2.75, 3.05) is 13.1 Å². The summed E-state index contributed by atoms with van der Waals surface area (Å²) in [6.45, 7) is 2.72. The Morgan fingerprint density at radius 1 is 0.812 bits per heavy atom. The van der Waals surface area contributed by atoms with Gasteiger partial charge in [-0.05, 0) is 77.5 Å². The van der Waals surface area contributed by atoms with Crippen molar-refractivity contribution in [2.24, 2.45) is 5.92 Å². The molecule has 1 fully saturated rings. The van der Waals surface area contributed by atoms with Crippen molar-refractivity contribution >= 4 is 0 Å². The fourth-order valence-corrected chi connectivity index (χ4v) is 4.71. The second kappa shape index (κ2) is 9.83. The molecule has 0 spiro atoms. The Balaban J connectivity index is 1.36. The molecule has 6 nitrogen and oxygen atoms in total. The van der Waals surface area contributed by atoms with Gasteiger partial charge in [0.05, 0.1) is 12.6 Å². The number of pyridine rings is 1. The van der Waals surface area contributed by atoms with Crippen LogP contribution < -0.4 is 0 Å². The normalized spacial score (nSPS) is 16.1. The van der Waals surface area contributed by atoms with Gasteiger partial charge < -0.3 is 0 Å². The van der Waals surface area contributed by atoms with Gasteiger partial charge in [0.2, 0.25) is 0 Å². The molecule has 4 aromatic rings. The Morgan fingerprint density at radius 3 is 2.16 bits per heavy atom. The Kier molecular flexibility index (Phi) is 6.30. The van der Waals surface area contributed by atoms with E-state index in [1.165, 1.54) is 29.5 Å². The van der Waals surface area contributed by atoms with Gasteiger partial charge in [0.15, 0.2) is 5.82 Å². The molecule has 1 atom stereocenters. The van der Waals surface area contributed by atoms with E-state index in [0.29, 0.717) is 12.5 Å². The van der Waals surface area contributed by atoms with Crippen LogP contribution in [0.3, 0.4) is 0 Å². The minimum Gasteiger partial charge on any atom is -0.290 e. The molecule has 0 N–H and O–H groups in total. The van der Waals surface area contributed by atoms with Gasteiger partial charge in [-0.25, -0.2) is 4.68 Å². The van der Waals surface area contributed by atoms with E-state index in [1.807, 2.05) is 23.1 Å². The molecule has 1 saturated heterocycles. The van der Waals surface area contributed by atoms with Gasteiger partial charge in [0, 0.05) is 12.4 Å². The molecule has 32 heavy (non-hydrogen) atoms.